The van der Waals surface area contributed by atoms with E-state index in [0.29, 0.717) is 31.4 Å². The number of nitrogens with zero attached hydrogens (tertiary/aromatic N) is 1. The Hall–Kier alpha value is -2.44. The van der Waals surface area contributed by atoms with Crippen LogP contribution in [0.3, 0.4) is 0 Å². The van der Waals surface area contributed by atoms with Crippen molar-refractivity contribution in [1.29, 1.82) is 0 Å². The maximum absolute atomic E-state index is 12.1. The highest BCUT2D eigenvalue weighted by Gasteiger charge is 2.27. The van der Waals surface area contributed by atoms with Gasteiger partial charge in [0, 0.05) is 19.2 Å². The van der Waals surface area contributed by atoms with Crippen molar-refractivity contribution < 1.29 is 28.9 Å². The molecule has 0 saturated carbocycles. The molecule has 1 aromatic rings. The number of phenols is 1. The Morgan fingerprint density at radius 3 is 2.42 bits per heavy atom. The van der Waals surface area contributed by atoms with Crippen LogP contribution in [0.4, 0.5) is 4.79 Å². The van der Waals surface area contributed by atoms with E-state index in [1.165, 1.54) is 19.2 Å². The molecular weight excluding hydrogens is 338 g/mol. The summed E-state index contributed by atoms with van der Waals surface area (Å²) in [6.07, 6.45) is 1.37. The second-order valence-electron chi connectivity index (χ2n) is 7.39. The van der Waals surface area contributed by atoms with Crippen LogP contribution in [0.5, 0.6) is 11.5 Å². The lowest BCUT2D eigenvalue weighted by molar-refractivity contribution is 0.0164. The number of rotatable bonds is 4. The van der Waals surface area contributed by atoms with E-state index in [0.717, 1.165) is 12.8 Å². The normalized spacial score (nSPS) is 15.5. The van der Waals surface area contributed by atoms with Gasteiger partial charge in [-0.3, -0.25) is 0 Å². The molecule has 0 unspecified atom stereocenters. The van der Waals surface area contributed by atoms with Crippen LogP contribution in [-0.4, -0.2) is 54.5 Å². The van der Waals surface area contributed by atoms with Gasteiger partial charge in [0.15, 0.2) is 0 Å². The third kappa shape index (κ3) is 5.54. The van der Waals surface area contributed by atoms with E-state index < -0.39 is 11.6 Å². The fourth-order valence-electron chi connectivity index (χ4n) is 2.71. The topological polar surface area (TPSA) is 85.3 Å². The number of likely N-dealkylation sites (tertiary alicyclic amines) is 1. The average Bonchev–Trinajstić information content (AvgIpc) is 2.58. The van der Waals surface area contributed by atoms with Gasteiger partial charge in [0.1, 0.15) is 22.7 Å². The van der Waals surface area contributed by atoms with Crippen LogP contribution >= 0.6 is 0 Å². The minimum atomic E-state index is -0.594. The van der Waals surface area contributed by atoms with E-state index in [-0.39, 0.29) is 17.4 Å². The number of hydrogen-bond donors (Lipinski definition) is 1. The van der Waals surface area contributed by atoms with E-state index >= 15 is 0 Å². The number of piperidine rings is 1. The fraction of sp³-hybridized carbons (Fsp3) is 0.579. The number of benzene rings is 1. The first kappa shape index (κ1) is 19.9. The molecular formula is C19H27NO6. The number of carbonyl (C=O) groups excluding carboxylic acids is 2. The molecule has 0 aliphatic carbocycles. The lowest BCUT2D eigenvalue weighted by Gasteiger charge is -2.33. The van der Waals surface area contributed by atoms with Gasteiger partial charge in [-0.2, -0.15) is 0 Å². The van der Waals surface area contributed by atoms with Gasteiger partial charge in [-0.25, -0.2) is 9.59 Å². The first-order valence-corrected chi connectivity index (χ1v) is 8.71. The first-order chi connectivity index (χ1) is 12.2. The van der Waals surface area contributed by atoms with E-state index in [2.05, 4.69) is 4.74 Å². The zero-order chi connectivity index (χ0) is 19.3. The second kappa shape index (κ2) is 8.29. The molecule has 1 aromatic carbocycles. The standard InChI is InChI=1S/C19H27NO6/c1-19(2,3)26-18(23)20-9-7-13(8-10-20)12-25-14-5-6-15(16(21)11-14)17(22)24-4/h5-6,11,13,21H,7-10,12H2,1-4H3. The zero-order valence-electron chi connectivity index (χ0n) is 15.8. The van der Waals surface area contributed by atoms with Crippen molar-refractivity contribution in [2.24, 2.45) is 5.92 Å². The molecule has 1 heterocycles. The van der Waals surface area contributed by atoms with Gasteiger partial charge in [-0.15, -0.1) is 0 Å². The first-order valence-electron chi connectivity index (χ1n) is 8.71. The number of ether oxygens (including phenoxy) is 3. The largest absolute Gasteiger partial charge is 0.507 e. The predicted molar refractivity (Wildman–Crippen MR) is 95.5 cm³/mol. The van der Waals surface area contributed by atoms with E-state index in [9.17, 15) is 14.7 Å². The highest BCUT2D eigenvalue weighted by Crippen LogP contribution is 2.26. The predicted octanol–water partition coefficient (Wildman–Crippen LogP) is 3.20. The molecule has 1 saturated heterocycles. The molecule has 26 heavy (non-hydrogen) atoms. The summed E-state index contributed by atoms with van der Waals surface area (Å²) in [5.74, 6) is 0.0403. The summed E-state index contributed by atoms with van der Waals surface area (Å²) >= 11 is 0. The Balaban J connectivity index is 1.81. The number of hydrogen-bond acceptors (Lipinski definition) is 6. The van der Waals surface area contributed by atoms with Crippen molar-refractivity contribution in [3.8, 4) is 11.5 Å². The maximum Gasteiger partial charge on any atom is 0.410 e. The van der Waals surface area contributed by atoms with E-state index in [4.69, 9.17) is 9.47 Å². The van der Waals surface area contributed by atoms with Crippen molar-refractivity contribution in [2.45, 2.75) is 39.2 Å². The molecule has 0 aromatic heterocycles. The molecule has 1 fully saturated rings. The van der Waals surface area contributed by atoms with Crippen LogP contribution in [0.15, 0.2) is 18.2 Å². The maximum atomic E-state index is 12.1. The summed E-state index contributed by atoms with van der Waals surface area (Å²) in [4.78, 5) is 25.2. The molecule has 0 atom stereocenters. The molecule has 7 heteroatoms. The Kier molecular flexibility index (Phi) is 6.34. The Bertz CT molecular complexity index is 644. The van der Waals surface area contributed by atoms with Gasteiger partial charge in [0.2, 0.25) is 0 Å². The monoisotopic (exact) mass is 365 g/mol. The second-order valence-corrected chi connectivity index (χ2v) is 7.39. The summed E-state index contributed by atoms with van der Waals surface area (Å²) < 4.78 is 15.7. The number of carbonyl (C=O) groups is 2. The van der Waals surface area contributed by atoms with Gasteiger partial charge in [0.05, 0.1) is 13.7 Å². The van der Waals surface area contributed by atoms with Crippen LogP contribution in [0.25, 0.3) is 0 Å². The minimum absolute atomic E-state index is 0.102. The number of esters is 1. The van der Waals surface area contributed by atoms with Crippen LogP contribution in [-0.2, 0) is 9.47 Å². The van der Waals surface area contributed by atoms with Crippen LogP contribution in [0.2, 0.25) is 0 Å². The van der Waals surface area contributed by atoms with Crippen molar-refractivity contribution in [2.75, 3.05) is 26.8 Å². The van der Waals surface area contributed by atoms with Gasteiger partial charge in [0.25, 0.3) is 0 Å². The smallest absolute Gasteiger partial charge is 0.410 e. The summed E-state index contributed by atoms with van der Waals surface area (Å²) in [5, 5.41) is 9.88. The van der Waals surface area contributed by atoms with E-state index in [1.807, 2.05) is 20.8 Å². The van der Waals surface area contributed by atoms with Crippen molar-refractivity contribution in [3.63, 3.8) is 0 Å². The number of aromatic hydroxyl groups is 1. The number of amides is 1. The minimum Gasteiger partial charge on any atom is -0.507 e. The lowest BCUT2D eigenvalue weighted by Crippen LogP contribution is -2.42. The summed E-state index contributed by atoms with van der Waals surface area (Å²) in [5.41, 5.74) is -0.388. The number of phenolic OH excluding ortho intramolecular Hbond substituents is 1. The molecule has 7 nitrogen and oxygen atoms in total. The quantitative estimate of drug-likeness (QED) is 0.825. The van der Waals surface area contributed by atoms with Crippen molar-refractivity contribution in [1.82, 2.24) is 4.90 Å². The molecule has 0 spiro atoms. The van der Waals surface area contributed by atoms with Gasteiger partial charge < -0.3 is 24.2 Å². The fourth-order valence-corrected chi connectivity index (χ4v) is 2.71. The average molecular weight is 365 g/mol. The highest BCUT2D eigenvalue weighted by molar-refractivity contribution is 5.92. The summed E-state index contributed by atoms with van der Waals surface area (Å²) in [6.45, 7) is 7.31. The summed E-state index contributed by atoms with van der Waals surface area (Å²) in [7, 11) is 1.26. The van der Waals surface area contributed by atoms with Gasteiger partial charge in [-0.1, -0.05) is 0 Å². The number of methoxy groups -OCH3 is 1. The van der Waals surface area contributed by atoms with Gasteiger partial charge in [-0.05, 0) is 51.7 Å². The van der Waals surface area contributed by atoms with Crippen molar-refractivity contribution >= 4 is 12.1 Å². The molecule has 1 amide bonds. The van der Waals surface area contributed by atoms with Crippen LogP contribution in [0, 0.1) is 5.92 Å². The Morgan fingerprint density at radius 2 is 1.88 bits per heavy atom. The third-order valence-corrected chi connectivity index (χ3v) is 4.13. The molecule has 1 aliphatic heterocycles. The van der Waals surface area contributed by atoms with Crippen LogP contribution in [0.1, 0.15) is 44.0 Å². The van der Waals surface area contributed by atoms with Crippen LogP contribution < -0.4 is 4.74 Å². The van der Waals surface area contributed by atoms with E-state index in [1.54, 1.807) is 11.0 Å². The molecule has 2 rings (SSSR count). The lowest BCUT2D eigenvalue weighted by atomic mass is 9.98. The highest BCUT2D eigenvalue weighted by atomic mass is 16.6. The van der Waals surface area contributed by atoms with Gasteiger partial charge >= 0.3 is 12.1 Å². The van der Waals surface area contributed by atoms with Crippen molar-refractivity contribution in [3.05, 3.63) is 23.8 Å². The Labute approximate surface area is 153 Å². The molecule has 1 aliphatic rings. The molecule has 144 valence electrons. The zero-order valence-corrected chi connectivity index (χ0v) is 15.8. The molecule has 0 bridgehead atoms. The molecule has 0 radical (unpaired) electrons. The molecule has 1 N–H and O–H groups in total. The SMILES string of the molecule is COC(=O)c1ccc(OCC2CCN(C(=O)OC(C)(C)C)CC2)cc1O. The summed E-state index contributed by atoms with van der Waals surface area (Å²) in [6, 6.07) is 4.51. The third-order valence-electron chi connectivity index (χ3n) is 4.13. The Morgan fingerprint density at radius 1 is 1.23 bits per heavy atom.